The molecular weight excluding hydrogens is 204 g/mol. The Hall–Kier alpha value is -1.06. The summed E-state index contributed by atoms with van der Waals surface area (Å²) in [5.74, 6) is 0.0518. The maximum Gasteiger partial charge on any atom is 0.245 e. The highest BCUT2D eigenvalue weighted by atomic mass is 16.2. The fraction of sp³-hybridized carbons (Fsp3) is 0.833. The third-order valence-corrected chi connectivity index (χ3v) is 3.15. The van der Waals surface area contributed by atoms with E-state index in [0.29, 0.717) is 19.5 Å². The zero-order valence-electron chi connectivity index (χ0n) is 10.5. The number of rotatable bonds is 4. The Kier molecular flexibility index (Phi) is 4.33. The van der Waals surface area contributed by atoms with Crippen molar-refractivity contribution in [2.24, 2.45) is 0 Å². The smallest absolute Gasteiger partial charge is 0.245 e. The number of nitrogens with zero attached hydrogens (tertiary/aromatic N) is 1. The molecule has 0 atom stereocenters. The van der Waals surface area contributed by atoms with Crippen molar-refractivity contribution in [3.8, 4) is 0 Å². The summed E-state index contributed by atoms with van der Waals surface area (Å²) in [5, 5.41) is 2.79. The Morgan fingerprint density at radius 2 is 2.12 bits per heavy atom. The van der Waals surface area contributed by atoms with E-state index in [1.54, 1.807) is 18.7 Å². The molecule has 4 nitrogen and oxygen atoms in total. The zero-order chi connectivity index (χ0) is 12.2. The normalized spacial score (nSPS) is 19.4. The van der Waals surface area contributed by atoms with Crippen LogP contribution in [0.5, 0.6) is 0 Å². The molecule has 1 N–H and O–H groups in total. The SMILES string of the molecule is CCCCCC(=O)N1CCNC(=O)C1(C)C. The number of carbonyl (C=O) groups is 2. The van der Waals surface area contributed by atoms with Crippen molar-refractivity contribution in [2.45, 2.75) is 52.0 Å². The summed E-state index contributed by atoms with van der Waals surface area (Å²) in [4.78, 5) is 25.3. The topological polar surface area (TPSA) is 49.4 Å². The zero-order valence-corrected chi connectivity index (χ0v) is 10.5. The lowest BCUT2D eigenvalue weighted by Crippen LogP contribution is -2.63. The second-order valence-corrected chi connectivity index (χ2v) is 4.82. The van der Waals surface area contributed by atoms with Gasteiger partial charge in [-0.25, -0.2) is 0 Å². The van der Waals surface area contributed by atoms with Gasteiger partial charge in [0.05, 0.1) is 0 Å². The molecule has 0 radical (unpaired) electrons. The minimum atomic E-state index is -0.693. The van der Waals surface area contributed by atoms with Gasteiger partial charge in [-0.15, -0.1) is 0 Å². The van der Waals surface area contributed by atoms with Crippen LogP contribution in [0.4, 0.5) is 0 Å². The molecule has 0 aromatic heterocycles. The Bertz CT molecular complexity index is 274. The molecule has 0 spiro atoms. The van der Waals surface area contributed by atoms with Crippen LogP contribution in [-0.4, -0.2) is 35.3 Å². The van der Waals surface area contributed by atoms with Gasteiger partial charge in [0.15, 0.2) is 0 Å². The number of nitrogens with one attached hydrogen (secondary N) is 1. The van der Waals surface area contributed by atoms with Gasteiger partial charge in [0.2, 0.25) is 11.8 Å². The van der Waals surface area contributed by atoms with E-state index in [1.807, 2.05) is 0 Å². The molecule has 92 valence electrons. The first-order valence-electron chi connectivity index (χ1n) is 6.09. The molecule has 0 unspecified atom stereocenters. The predicted molar refractivity (Wildman–Crippen MR) is 62.9 cm³/mol. The van der Waals surface area contributed by atoms with Gasteiger partial charge in [-0.3, -0.25) is 9.59 Å². The van der Waals surface area contributed by atoms with E-state index in [2.05, 4.69) is 12.2 Å². The molecule has 16 heavy (non-hydrogen) atoms. The minimum absolute atomic E-state index is 0.0532. The lowest BCUT2D eigenvalue weighted by Gasteiger charge is -2.41. The van der Waals surface area contributed by atoms with Crippen molar-refractivity contribution in [3.05, 3.63) is 0 Å². The molecule has 0 aromatic carbocycles. The average molecular weight is 226 g/mol. The highest BCUT2D eigenvalue weighted by molar-refractivity contribution is 5.91. The first-order chi connectivity index (χ1) is 7.50. The van der Waals surface area contributed by atoms with Crippen molar-refractivity contribution in [2.75, 3.05) is 13.1 Å². The van der Waals surface area contributed by atoms with E-state index in [-0.39, 0.29) is 11.8 Å². The van der Waals surface area contributed by atoms with Gasteiger partial charge in [-0.2, -0.15) is 0 Å². The van der Waals surface area contributed by atoms with Crippen molar-refractivity contribution < 1.29 is 9.59 Å². The molecule has 2 amide bonds. The van der Waals surface area contributed by atoms with E-state index < -0.39 is 5.54 Å². The molecule has 1 saturated heterocycles. The number of hydrogen-bond donors (Lipinski definition) is 1. The van der Waals surface area contributed by atoms with Gasteiger partial charge in [0.1, 0.15) is 5.54 Å². The summed E-state index contributed by atoms with van der Waals surface area (Å²) in [7, 11) is 0. The summed E-state index contributed by atoms with van der Waals surface area (Å²) in [6, 6.07) is 0. The molecule has 1 aliphatic rings. The van der Waals surface area contributed by atoms with Gasteiger partial charge in [0, 0.05) is 19.5 Å². The molecular formula is C12H22N2O2. The number of piperazine rings is 1. The summed E-state index contributed by atoms with van der Waals surface area (Å²) < 4.78 is 0. The summed E-state index contributed by atoms with van der Waals surface area (Å²) in [6.45, 7) is 6.92. The Balaban J connectivity index is 2.56. The number of carbonyl (C=O) groups excluding carboxylic acids is 2. The summed E-state index contributed by atoms with van der Waals surface area (Å²) in [6.07, 6.45) is 3.66. The predicted octanol–water partition coefficient (Wildman–Crippen LogP) is 1.30. The molecule has 1 aliphatic heterocycles. The summed E-state index contributed by atoms with van der Waals surface area (Å²) >= 11 is 0. The number of amides is 2. The Morgan fingerprint density at radius 1 is 1.44 bits per heavy atom. The van der Waals surface area contributed by atoms with E-state index in [0.717, 1.165) is 19.3 Å². The standard InChI is InChI=1S/C12H22N2O2/c1-4-5-6-7-10(15)14-9-8-13-11(16)12(14,2)3/h4-9H2,1-3H3,(H,13,16). The fourth-order valence-electron chi connectivity index (χ4n) is 2.00. The van der Waals surface area contributed by atoms with Crippen LogP contribution in [-0.2, 0) is 9.59 Å². The fourth-order valence-corrected chi connectivity index (χ4v) is 2.00. The third kappa shape index (κ3) is 2.74. The van der Waals surface area contributed by atoms with Crippen LogP contribution >= 0.6 is 0 Å². The van der Waals surface area contributed by atoms with Crippen LogP contribution in [0.15, 0.2) is 0 Å². The van der Waals surface area contributed by atoms with Crippen molar-refractivity contribution in [1.29, 1.82) is 0 Å². The molecule has 1 fully saturated rings. The van der Waals surface area contributed by atoms with E-state index in [9.17, 15) is 9.59 Å². The van der Waals surface area contributed by atoms with Gasteiger partial charge < -0.3 is 10.2 Å². The largest absolute Gasteiger partial charge is 0.352 e. The molecule has 4 heteroatoms. The van der Waals surface area contributed by atoms with E-state index >= 15 is 0 Å². The highest BCUT2D eigenvalue weighted by Crippen LogP contribution is 2.19. The van der Waals surface area contributed by atoms with Crippen molar-refractivity contribution >= 4 is 11.8 Å². The van der Waals surface area contributed by atoms with Crippen LogP contribution in [0.3, 0.4) is 0 Å². The van der Waals surface area contributed by atoms with Crippen molar-refractivity contribution in [1.82, 2.24) is 10.2 Å². The number of hydrogen-bond acceptors (Lipinski definition) is 2. The van der Waals surface area contributed by atoms with Crippen LogP contribution < -0.4 is 5.32 Å². The van der Waals surface area contributed by atoms with Crippen molar-refractivity contribution in [3.63, 3.8) is 0 Å². The third-order valence-electron chi connectivity index (χ3n) is 3.15. The molecule has 1 rings (SSSR count). The maximum absolute atomic E-state index is 12.0. The molecule has 0 saturated carbocycles. The second-order valence-electron chi connectivity index (χ2n) is 4.82. The monoisotopic (exact) mass is 226 g/mol. The van der Waals surface area contributed by atoms with Crippen LogP contribution in [0.1, 0.15) is 46.5 Å². The Morgan fingerprint density at radius 3 is 2.75 bits per heavy atom. The highest BCUT2D eigenvalue weighted by Gasteiger charge is 2.39. The van der Waals surface area contributed by atoms with E-state index in [4.69, 9.17) is 0 Å². The first-order valence-corrected chi connectivity index (χ1v) is 6.09. The second kappa shape index (κ2) is 5.32. The first kappa shape index (κ1) is 13.0. The van der Waals surface area contributed by atoms with Gasteiger partial charge >= 0.3 is 0 Å². The average Bonchev–Trinajstić information content (AvgIpc) is 2.22. The lowest BCUT2D eigenvalue weighted by atomic mass is 9.98. The molecule has 1 heterocycles. The lowest BCUT2D eigenvalue weighted by molar-refractivity contribution is -0.149. The van der Waals surface area contributed by atoms with Crippen LogP contribution in [0.2, 0.25) is 0 Å². The maximum atomic E-state index is 12.0. The molecule has 0 bridgehead atoms. The molecule has 0 aromatic rings. The van der Waals surface area contributed by atoms with Crippen LogP contribution in [0, 0.1) is 0 Å². The van der Waals surface area contributed by atoms with Gasteiger partial charge in [-0.1, -0.05) is 19.8 Å². The van der Waals surface area contributed by atoms with Gasteiger partial charge in [-0.05, 0) is 20.3 Å². The summed E-state index contributed by atoms with van der Waals surface area (Å²) in [5.41, 5.74) is -0.693. The van der Waals surface area contributed by atoms with Crippen LogP contribution in [0.25, 0.3) is 0 Å². The van der Waals surface area contributed by atoms with E-state index in [1.165, 1.54) is 0 Å². The minimum Gasteiger partial charge on any atom is -0.352 e. The quantitative estimate of drug-likeness (QED) is 0.735. The Labute approximate surface area is 97.4 Å². The van der Waals surface area contributed by atoms with Gasteiger partial charge in [0.25, 0.3) is 0 Å². The number of unbranched alkanes of at least 4 members (excludes halogenated alkanes) is 2. The molecule has 0 aliphatic carbocycles.